The molecule has 0 radical (unpaired) electrons. The number of nitrogens with zero attached hydrogens (tertiary/aromatic N) is 1. The summed E-state index contributed by atoms with van der Waals surface area (Å²) >= 11 is 0. The third-order valence-corrected chi connectivity index (χ3v) is 2.72. The van der Waals surface area contributed by atoms with Gasteiger partial charge in [-0.1, -0.05) is 6.07 Å². The molecule has 3 N–H and O–H groups in total. The SMILES string of the molecule is COc1ccc(CCN(C)C)cc1C(O)CN. The quantitative estimate of drug-likeness (QED) is 0.769. The molecule has 0 spiro atoms. The van der Waals surface area contributed by atoms with Crippen molar-refractivity contribution in [2.45, 2.75) is 12.5 Å². The molecule has 0 aliphatic carbocycles. The van der Waals surface area contributed by atoms with Gasteiger partial charge in [0.15, 0.2) is 0 Å². The molecule has 1 unspecified atom stereocenters. The molecule has 96 valence electrons. The molecule has 0 saturated heterocycles. The topological polar surface area (TPSA) is 58.7 Å². The molecule has 0 bridgehead atoms. The van der Waals surface area contributed by atoms with Crippen molar-refractivity contribution in [2.24, 2.45) is 5.73 Å². The number of likely N-dealkylation sites (N-methyl/N-ethyl adjacent to an activating group) is 1. The van der Waals surface area contributed by atoms with Crippen LogP contribution in [0.2, 0.25) is 0 Å². The van der Waals surface area contributed by atoms with Crippen molar-refractivity contribution in [1.82, 2.24) is 4.90 Å². The van der Waals surface area contributed by atoms with E-state index in [9.17, 15) is 5.11 Å². The summed E-state index contributed by atoms with van der Waals surface area (Å²) in [4.78, 5) is 2.13. The third kappa shape index (κ3) is 4.00. The first-order valence-corrected chi connectivity index (χ1v) is 5.78. The lowest BCUT2D eigenvalue weighted by Gasteiger charge is -2.15. The van der Waals surface area contributed by atoms with Crippen LogP contribution in [0.1, 0.15) is 17.2 Å². The van der Waals surface area contributed by atoms with Gasteiger partial charge < -0.3 is 20.5 Å². The van der Waals surface area contributed by atoms with Gasteiger partial charge in [0.05, 0.1) is 13.2 Å². The van der Waals surface area contributed by atoms with Crippen LogP contribution in [0.5, 0.6) is 5.75 Å². The first kappa shape index (κ1) is 14.0. The van der Waals surface area contributed by atoms with E-state index < -0.39 is 6.10 Å². The third-order valence-electron chi connectivity index (χ3n) is 2.72. The molecule has 0 heterocycles. The zero-order chi connectivity index (χ0) is 12.8. The monoisotopic (exact) mass is 238 g/mol. The van der Waals surface area contributed by atoms with Crippen molar-refractivity contribution in [3.63, 3.8) is 0 Å². The number of nitrogens with two attached hydrogens (primary N) is 1. The Balaban J connectivity index is 2.88. The van der Waals surface area contributed by atoms with E-state index >= 15 is 0 Å². The van der Waals surface area contributed by atoms with Gasteiger partial charge in [0.2, 0.25) is 0 Å². The maximum Gasteiger partial charge on any atom is 0.124 e. The van der Waals surface area contributed by atoms with E-state index in [0.29, 0.717) is 5.75 Å². The molecule has 0 aromatic heterocycles. The summed E-state index contributed by atoms with van der Waals surface area (Å²) in [5.41, 5.74) is 7.44. The molecule has 0 saturated carbocycles. The Labute approximate surface area is 103 Å². The fourth-order valence-electron chi connectivity index (χ4n) is 1.68. The Bertz CT molecular complexity index is 353. The van der Waals surface area contributed by atoms with Gasteiger partial charge in [-0.2, -0.15) is 0 Å². The molecule has 0 aliphatic rings. The Hall–Kier alpha value is -1.10. The first-order valence-electron chi connectivity index (χ1n) is 5.78. The highest BCUT2D eigenvalue weighted by atomic mass is 16.5. The largest absolute Gasteiger partial charge is 0.496 e. The average Bonchev–Trinajstić information content (AvgIpc) is 2.34. The highest BCUT2D eigenvalue weighted by molar-refractivity contribution is 5.39. The summed E-state index contributed by atoms with van der Waals surface area (Å²) < 4.78 is 5.22. The fraction of sp³-hybridized carbons (Fsp3) is 0.538. The number of hydrogen-bond acceptors (Lipinski definition) is 4. The molecule has 17 heavy (non-hydrogen) atoms. The van der Waals surface area contributed by atoms with Crippen molar-refractivity contribution in [2.75, 3.05) is 34.3 Å². The standard InChI is InChI=1S/C13H22N2O2/c1-15(2)7-6-10-4-5-13(17-3)11(8-10)12(16)9-14/h4-5,8,12,16H,6-7,9,14H2,1-3H3. The van der Waals surface area contributed by atoms with Crippen LogP contribution in [0.3, 0.4) is 0 Å². The number of aliphatic hydroxyl groups is 1. The average molecular weight is 238 g/mol. The Kier molecular flexibility index (Phi) is 5.41. The minimum Gasteiger partial charge on any atom is -0.496 e. The van der Waals surface area contributed by atoms with Crippen LogP contribution >= 0.6 is 0 Å². The van der Waals surface area contributed by atoms with Gasteiger partial charge in [-0.15, -0.1) is 0 Å². The number of rotatable bonds is 6. The fourth-order valence-corrected chi connectivity index (χ4v) is 1.68. The van der Waals surface area contributed by atoms with Crippen LogP contribution in [0.4, 0.5) is 0 Å². The van der Waals surface area contributed by atoms with Gasteiger partial charge in [-0.3, -0.25) is 0 Å². The van der Waals surface area contributed by atoms with Crippen LogP contribution in [0.15, 0.2) is 18.2 Å². The van der Waals surface area contributed by atoms with Gasteiger partial charge in [0, 0.05) is 18.7 Å². The predicted octanol–water partition coefficient (Wildman–Crippen LogP) is 0.791. The van der Waals surface area contributed by atoms with E-state index in [4.69, 9.17) is 10.5 Å². The van der Waals surface area contributed by atoms with E-state index in [1.165, 1.54) is 5.56 Å². The van der Waals surface area contributed by atoms with Crippen molar-refractivity contribution < 1.29 is 9.84 Å². The molecule has 1 rings (SSSR count). The number of hydrogen-bond donors (Lipinski definition) is 2. The van der Waals surface area contributed by atoms with E-state index in [1.807, 2.05) is 32.3 Å². The lowest BCUT2D eigenvalue weighted by atomic mass is 10.0. The van der Waals surface area contributed by atoms with E-state index in [2.05, 4.69) is 4.90 Å². The Morgan fingerprint density at radius 3 is 2.65 bits per heavy atom. The van der Waals surface area contributed by atoms with Gasteiger partial charge in [0.1, 0.15) is 5.75 Å². The second kappa shape index (κ2) is 6.59. The van der Waals surface area contributed by atoms with Gasteiger partial charge in [-0.05, 0) is 38.2 Å². The Morgan fingerprint density at radius 2 is 2.12 bits per heavy atom. The van der Waals surface area contributed by atoms with Crippen LogP contribution in [-0.4, -0.2) is 44.3 Å². The van der Waals surface area contributed by atoms with E-state index in [1.54, 1.807) is 7.11 Å². The van der Waals surface area contributed by atoms with Crippen LogP contribution in [-0.2, 0) is 6.42 Å². The molecule has 0 fully saturated rings. The smallest absolute Gasteiger partial charge is 0.124 e. The van der Waals surface area contributed by atoms with E-state index in [0.717, 1.165) is 18.5 Å². The lowest BCUT2D eigenvalue weighted by molar-refractivity contribution is 0.182. The maximum atomic E-state index is 9.83. The van der Waals surface area contributed by atoms with Crippen molar-refractivity contribution in [3.8, 4) is 5.75 Å². The van der Waals surface area contributed by atoms with Gasteiger partial charge >= 0.3 is 0 Å². The van der Waals surface area contributed by atoms with Crippen molar-refractivity contribution in [3.05, 3.63) is 29.3 Å². The molecule has 4 heteroatoms. The summed E-state index contributed by atoms with van der Waals surface area (Å²) in [5, 5.41) is 9.83. The first-order chi connectivity index (χ1) is 8.08. The molecule has 1 aromatic rings. The summed E-state index contributed by atoms with van der Waals surface area (Å²) in [6, 6.07) is 5.88. The van der Waals surface area contributed by atoms with Gasteiger partial charge in [0.25, 0.3) is 0 Å². The summed E-state index contributed by atoms with van der Waals surface area (Å²) in [5.74, 6) is 0.691. The molecular formula is C13H22N2O2. The number of methoxy groups -OCH3 is 1. The molecular weight excluding hydrogens is 216 g/mol. The number of aliphatic hydroxyl groups excluding tert-OH is 1. The predicted molar refractivity (Wildman–Crippen MR) is 69.3 cm³/mol. The van der Waals surface area contributed by atoms with E-state index in [-0.39, 0.29) is 6.54 Å². The van der Waals surface area contributed by atoms with Crippen molar-refractivity contribution in [1.29, 1.82) is 0 Å². The second-order valence-electron chi connectivity index (χ2n) is 4.38. The Morgan fingerprint density at radius 1 is 1.41 bits per heavy atom. The summed E-state index contributed by atoms with van der Waals surface area (Å²) in [6.07, 6.45) is 0.283. The normalized spacial score (nSPS) is 12.8. The highest BCUT2D eigenvalue weighted by Crippen LogP contribution is 2.26. The molecule has 0 amide bonds. The molecule has 4 nitrogen and oxygen atoms in total. The van der Waals surface area contributed by atoms with Gasteiger partial charge in [-0.25, -0.2) is 0 Å². The molecule has 1 atom stereocenters. The zero-order valence-electron chi connectivity index (χ0n) is 10.8. The minimum absolute atomic E-state index is 0.202. The van der Waals surface area contributed by atoms with Crippen LogP contribution in [0, 0.1) is 0 Å². The zero-order valence-corrected chi connectivity index (χ0v) is 10.8. The van der Waals surface area contributed by atoms with Crippen LogP contribution < -0.4 is 10.5 Å². The number of benzene rings is 1. The summed E-state index contributed by atoms with van der Waals surface area (Å²) in [6.45, 7) is 1.18. The van der Waals surface area contributed by atoms with Crippen molar-refractivity contribution >= 4 is 0 Å². The maximum absolute atomic E-state index is 9.83. The highest BCUT2D eigenvalue weighted by Gasteiger charge is 2.12. The minimum atomic E-state index is -0.663. The van der Waals surface area contributed by atoms with Crippen LogP contribution in [0.25, 0.3) is 0 Å². The lowest BCUT2D eigenvalue weighted by Crippen LogP contribution is -2.16. The second-order valence-corrected chi connectivity index (χ2v) is 4.38. The molecule has 0 aliphatic heterocycles. The summed E-state index contributed by atoms with van der Waals surface area (Å²) in [7, 11) is 5.68. The molecule has 1 aromatic carbocycles. The number of ether oxygens (including phenoxy) is 1.